The fourth-order valence-corrected chi connectivity index (χ4v) is 3.38. The quantitative estimate of drug-likeness (QED) is 0.869. The molecule has 0 spiro atoms. The summed E-state index contributed by atoms with van der Waals surface area (Å²) in [5, 5.41) is 0. The maximum Gasteiger partial charge on any atom is 0.0385 e. The predicted octanol–water partition coefficient (Wildman–Crippen LogP) is 3.04. The van der Waals surface area contributed by atoms with Crippen LogP contribution < -0.4 is 5.73 Å². The van der Waals surface area contributed by atoms with Crippen LogP contribution in [-0.2, 0) is 0 Å². The van der Waals surface area contributed by atoms with E-state index in [1.54, 1.807) is 0 Å². The Morgan fingerprint density at radius 1 is 1.17 bits per heavy atom. The highest BCUT2D eigenvalue weighted by atomic mass is 15.1. The molecule has 1 fully saturated rings. The Hall–Kier alpha value is -0.860. The van der Waals surface area contributed by atoms with Gasteiger partial charge < -0.3 is 5.73 Å². The normalized spacial score (nSPS) is 26.0. The summed E-state index contributed by atoms with van der Waals surface area (Å²) >= 11 is 0. The highest BCUT2D eigenvalue weighted by Crippen LogP contribution is 2.34. The van der Waals surface area contributed by atoms with Gasteiger partial charge in [-0.15, -0.1) is 0 Å². The maximum atomic E-state index is 6.01. The van der Waals surface area contributed by atoms with E-state index in [9.17, 15) is 0 Å². The van der Waals surface area contributed by atoms with Crippen molar-refractivity contribution in [3.63, 3.8) is 0 Å². The van der Waals surface area contributed by atoms with Crippen molar-refractivity contribution in [3.8, 4) is 0 Å². The van der Waals surface area contributed by atoms with Gasteiger partial charge in [-0.2, -0.15) is 0 Å². The molecule has 2 heteroatoms. The highest BCUT2D eigenvalue weighted by Gasteiger charge is 2.28. The Balaban J connectivity index is 2.36. The van der Waals surface area contributed by atoms with Gasteiger partial charge >= 0.3 is 0 Å². The van der Waals surface area contributed by atoms with Crippen LogP contribution in [0.2, 0.25) is 0 Å². The van der Waals surface area contributed by atoms with Gasteiger partial charge in [0.05, 0.1) is 0 Å². The SMILES string of the molecule is Cc1cc(C)cc(C2C(CN)CCCCN2C)c1. The van der Waals surface area contributed by atoms with Crippen LogP contribution in [0.15, 0.2) is 18.2 Å². The number of likely N-dealkylation sites (tertiary alicyclic amines) is 1. The van der Waals surface area contributed by atoms with Gasteiger partial charge in [-0.1, -0.05) is 35.7 Å². The topological polar surface area (TPSA) is 29.3 Å². The summed E-state index contributed by atoms with van der Waals surface area (Å²) in [6.07, 6.45) is 3.88. The number of hydrogen-bond acceptors (Lipinski definition) is 2. The number of nitrogens with two attached hydrogens (primary N) is 1. The molecule has 1 aliphatic heterocycles. The van der Waals surface area contributed by atoms with Gasteiger partial charge in [0, 0.05) is 6.04 Å². The zero-order valence-corrected chi connectivity index (χ0v) is 11.9. The molecule has 100 valence electrons. The van der Waals surface area contributed by atoms with E-state index in [1.165, 1.54) is 42.5 Å². The smallest absolute Gasteiger partial charge is 0.0385 e. The van der Waals surface area contributed by atoms with E-state index < -0.39 is 0 Å². The van der Waals surface area contributed by atoms with E-state index in [4.69, 9.17) is 5.73 Å². The minimum absolute atomic E-state index is 0.496. The van der Waals surface area contributed by atoms with E-state index in [0.717, 1.165) is 6.54 Å². The number of aryl methyl sites for hydroxylation is 2. The highest BCUT2D eigenvalue weighted by molar-refractivity contribution is 5.31. The van der Waals surface area contributed by atoms with Gasteiger partial charge in [-0.3, -0.25) is 4.90 Å². The number of nitrogens with zero attached hydrogens (tertiary/aromatic N) is 1. The first-order valence-corrected chi connectivity index (χ1v) is 7.10. The summed E-state index contributed by atoms with van der Waals surface area (Å²) in [6.45, 7) is 6.35. The van der Waals surface area contributed by atoms with Gasteiger partial charge in [0.15, 0.2) is 0 Å². The van der Waals surface area contributed by atoms with Crippen LogP contribution in [0.3, 0.4) is 0 Å². The average molecular weight is 246 g/mol. The Morgan fingerprint density at radius 2 is 1.83 bits per heavy atom. The summed E-state index contributed by atoms with van der Waals surface area (Å²) in [4.78, 5) is 2.50. The molecular weight excluding hydrogens is 220 g/mol. The molecule has 0 amide bonds. The Morgan fingerprint density at radius 3 is 2.44 bits per heavy atom. The number of hydrogen-bond donors (Lipinski definition) is 1. The molecule has 0 bridgehead atoms. The number of rotatable bonds is 2. The summed E-state index contributed by atoms with van der Waals surface area (Å²) < 4.78 is 0. The van der Waals surface area contributed by atoms with Gasteiger partial charge in [0.25, 0.3) is 0 Å². The summed E-state index contributed by atoms with van der Waals surface area (Å²) in [5.74, 6) is 0.596. The zero-order chi connectivity index (χ0) is 13.1. The van der Waals surface area contributed by atoms with Crippen LogP contribution in [0, 0.1) is 19.8 Å². The Kier molecular flexibility index (Phi) is 4.41. The molecule has 0 saturated carbocycles. The minimum Gasteiger partial charge on any atom is -0.330 e. The van der Waals surface area contributed by atoms with Crippen LogP contribution >= 0.6 is 0 Å². The standard InChI is InChI=1S/C16H26N2/c1-12-8-13(2)10-15(9-12)16-14(11-17)6-4-5-7-18(16)3/h8-10,14,16H,4-7,11,17H2,1-3H3. The minimum atomic E-state index is 0.496. The molecule has 2 nitrogen and oxygen atoms in total. The Bertz CT molecular complexity index is 380. The van der Waals surface area contributed by atoms with E-state index in [-0.39, 0.29) is 0 Å². The van der Waals surface area contributed by atoms with Crippen molar-refractivity contribution in [1.29, 1.82) is 0 Å². The predicted molar refractivity (Wildman–Crippen MR) is 77.7 cm³/mol. The molecule has 2 unspecified atom stereocenters. The molecule has 2 rings (SSSR count). The van der Waals surface area contributed by atoms with Gasteiger partial charge in [-0.25, -0.2) is 0 Å². The van der Waals surface area contributed by atoms with Gasteiger partial charge in [0.2, 0.25) is 0 Å². The van der Waals surface area contributed by atoms with Crippen molar-refractivity contribution in [3.05, 3.63) is 34.9 Å². The fraction of sp³-hybridized carbons (Fsp3) is 0.625. The third-order valence-electron chi connectivity index (χ3n) is 4.15. The third-order valence-corrected chi connectivity index (χ3v) is 4.15. The second-order valence-electron chi connectivity index (χ2n) is 5.84. The maximum absolute atomic E-state index is 6.01. The van der Waals surface area contributed by atoms with E-state index in [1.807, 2.05) is 0 Å². The van der Waals surface area contributed by atoms with Crippen molar-refractivity contribution >= 4 is 0 Å². The lowest BCUT2D eigenvalue weighted by molar-refractivity contribution is 0.196. The molecule has 1 heterocycles. The number of benzene rings is 1. The lowest BCUT2D eigenvalue weighted by atomic mass is 9.88. The second kappa shape index (κ2) is 5.85. The van der Waals surface area contributed by atoms with Crippen LogP contribution in [0.25, 0.3) is 0 Å². The first kappa shape index (κ1) is 13.6. The second-order valence-corrected chi connectivity index (χ2v) is 5.84. The van der Waals surface area contributed by atoms with E-state index in [0.29, 0.717) is 12.0 Å². The molecule has 2 N–H and O–H groups in total. The van der Waals surface area contributed by atoms with E-state index >= 15 is 0 Å². The first-order chi connectivity index (χ1) is 8.61. The molecule has 0 aliphatic carbocycles. The van der Waals surface area contributed by atoms with Crippen LogP contribution in [-0.4, -0.2) is 25.0 Å². The van der Waals surface area contributed by atoms with Crippen LogP contribution in [0.1, 0.15) is 42.0 Å². The van der Waals surface area contributed by atoms with Crippen molar-refractivity contribution < 1.29 is 0 Å². The molecule has 1 aromatic rings. The summed E-state index contributed by atoms with van der Waals surface area (Å²) in [7, 11) is 2.25. The molecule has 18 heavy (non-hydrogen) atoms. The van der Waals surface area contributed by atoms with Crippen molar-refractivity contribution in [1.82, 2.24) is 4.90 Å². The fourth-order valence-electron chi connectivity index (χ4n) is 3.38. The first-order valence-electron chi connectivity index (χ1n) is 7.10. The molecule has 2 atom stereocenters. The summed E-state index contributed by atoms with van der Waals surface area (Å²) in [5.41, 5.74) is 10.2. The van der Waals surface area contributed by atoms with Crippen molar-refractivity contribution in [2.24, 2.45) is 11.7 Å². The largest absolute Gasteiger partial charge is 0.330 e. The zero-order valence-electron chi connectivity index (χ0n) is 11.9. The van der Waals surface area contributed by atoms with Gasteiger partial charge in [-0.05, 0) is 58.3 Å². The lowest BCUT2D eigenvalue weighted by Gasteiger charge is -2.32. The Labute approximate surface area is 111 Å². The van der Waals surface area contributed by atoms with Crippen molar-refractivity contribution in [2.45, 2.75) is 39.2 Å². The van der Waals surface area contributed by atoms with E-state index in [2.05, 4.69) is 44.0 Å². The summed E-state index contributed by atoms with van der Waals surface area (Å²) in [6, 6.07) is 7.41. The average Bonchev–Trinajstić information content (AvgIpc) is 2.49. The molecule has 0 radical (unpaired) electrons. The molecule has 1 saturated heterocycles. The lowest BCUT2D eigenvalue weighted by Crippen LogP contribution is -2.33. The molecule has 1 aromatic carbocycles. The van der Waals surface area contributed by atoms with Crippen LogP contribution in [0.5, 0.6) is 0 Å². The van der Waals surface area contributed by atoms with Crippen molar-refractivity contribution in [2.75, 3.05) is 20.1 Å². The monoisotopic (exact) mass is 246 g/mol. The van der Waals surface area contributed by atoms with Crippen LogP contribution in [0.4, 0.5) is 0 Å². The third kappa shape index (κ3) is 2.93. The molecule has 0 aromatic heterocycles. The van der Waals surface area contributed by atoms with Gasteiger partial charge in [0.1, 0.15) is 0 Å². The molecule has 1 aliphatic rings. The molecular formula is C16H26N2.